The highest BCUT2D eigenvalue weighted by molar-refractivity contribution is 6.31. The third-order valence-electron chi connectivity index (χ3n) is 4.12. The van der Waals surface area contributed by atoms with Gasteiger partial charge in [0.25, 0.3) is 5.91 Å². The Morgan fingerprint density at radius 1 is 1.14 bits per heavy atom. The molecule has 0 unspecified atom stereocenters. The van der Waals surface area contributed by atoms with Gasteiger partial charge in [0.1, 0.15) is 5.75 Å². The molecule has 0 atom stereocenters. The van der Waals surface area contributed by atoms with Gasteiger partial charge in [-0.1, -0.05) is 29.8 Å². The Morgan fingerprint density at radius 2 is 1.86 bits per heavy atom. The Bertz CT molecular complexity index is 862. The number of halogens is 1. The topological polar surface area (TPSA) is 79.6 Å². The number of esters is 1. The standard InChI is InChI=1S/C22H23ClN2O4/c1-2-28-19-11-9-18(10-12-19)25(15-5-14-24)21(26)16-29-22(27)13-8-17-6-3-4-7-20(17)23/h3-4,6-7,9-12H,2,5,8,13,15-16H2,1H3. The van der Waals surface area contributed by atoms with Gasteiger partial charge in [-0.05, 0) is 49.2 Å². The first kappa shape index (κ1) is 22.3. The number of hydrogen-bond acceptors (Lipinski definition) is 5. The molecular weight excluding hydrogens is 392 g/mol. The average Bonchev–Trinajstić information content (AvgIpc) is 2.73. The van der Waals surface area contributed by atoms with Gasteiger partial charge in [-0.15, -0.1) is 0 Å². The van der Waals surface area contributed by atoms with E-state index >= 15 is 0 Å². The number of rotatable bonds is 10. The summed E-state index contributed by atoms with van der Waals surface area (Å²) in [6, 6.07) is 16.3. The zero-order valence-electron chi connectivity index (χ0n) is 16.3. The van der Waals surface area contributed by atoms with E-state index in [1.54, 1.807) is 30.3 Å². The van der Waals surface area contributed by atoms with Crippen LogP contribution >= 0.6 is 11.6 Å². The Hall–Kier alpha value is -3.04. The van der Waals surface area contributed by atoms with Gasteiger partial charge < -0.3 is 14.4 Å². The molecule has 0 radical (unpaired) electrons. The Labute approximate surface area is 175 Å². The molecule has 152 valence electrons. The van der Waals surface area contributed by atoms with Crippen LogP contribution in [0, 0.1) is 11.3 Å². The summed E-state index contributed by atoms with van der Waals surface area (Å²) in [4.78, 5) is 26.0. The van der Waals surface area contributed by atoms with Crippen molar-refractivity contribution in [3.63, 3.8) is 0 Å². The lowest BCUT2D eigenvalue weighted by Gasteiger charge is -2.22. The summed E-state index contributed by atoms with van der Waals surface area (Å²) in [6.45, 7) is 2.25. The number of aryl methyl sites for hydroxylation is 1. The van der Waals surface area contributed by atoms with E-state index in [-0.39, 0.29) is 26.0 Å². The van der Waals surface area contributed by atoms with Crippen molar-refractivity contribution in [2.24, 2.45) is 0 Å². The normalized spacial score (nSPS) is 10.1. The third kappa shape index (κ3) is 7.13. The summed E-state index contributed by atoms with van der Waals surface area (Å²) in [6.07, 6.45) is 0.724. The van der Waals surface area contributed by atoms with Gasteiger partial charge in [0.2, 0.25) is 0 Å². The smallest absolute Gasteiger partial charge is 0.306 e. The second kappa shape index (κ2) is 11.7. The molecule has 0 fully saturated rings. The average molecular weight is 415 g/mol. The van der Waals surface area contributed by atoms with Crippen molar-refractivity contribution < 1.29 is 19.1 Å². The Balaban J connectivity index is 1.92. The van der Waals surface area contributed by atoms with Crippen LogP contribution in [0.25, 0.3) is 0 Å². The fourth-order valence-electron chi connectivity index (χ4n) is 2.68. The fourth-order valence-corrected chi connectivity index (χ4v) is 2.91. The molecule has 0 bridgehead atoms. The molecule has 2 aromatic rings. The molecule has 0 spiro atoms. The second-order valence-electron chi connectivity index (χ2n) is 6.13. The molecule has 0 aliphatic carbocycles. The zero-order chi connectivity index (χ0) is 21.1. The lowest BCUT2D eigenvalue weighted by Crippen LogP contribution is -2.35. The molecule has 0 saturated heterocycles. The molecule has 0 N–H and O–H groups in total. The molecule has 7 heteroatoms. The largest absolute Gasteiger partial charge is 0.494 e. The van der Waals surface area contributed by atoms with Crippen LogP contribution in [0.15, 0.2) is 48.5 Å². The van der Waals surface area contributed by atoms with Crippen molar-refractivity contribution in [1.82, 2.24) is 0 Å². The minimum Gasteiger partial charge on any atom is -0.494 e. The molecule has 0 aliphatic heterocycles. The van der Waals surface area contributed by atoms with Gasteiger partial charge in [-0.25, -0.2) is 0 Å². The quantitative estimate of drug-likeness (QED) is 0.545. The SMILES string of the molecule is CCOc1ccc(N(CCC#N)C(=O)COC(=O)CCc2ccccc2Cl)cc1. The molecule has 0 heterocycles. The maximum atomic E-state index is 12.6. The summed E-state index contributed by atoms with van der Waals surface area (Å²) in [5.74, 6) is -0.185. The molecule has 2 aromatic carbocycles. The van der Waals surface area contributed by atoms with Crippen LogP contribution in [-0.4, -0.2) is 31.6 Å². The Kier molecular flexibility index (Phi) is 9.00. The lowest BCUT2D eigenvalue weighted by molar-refractivity contribution is -0.147. The highest BCUT2D eigenvalue weighted by Crippen LogP contribution is 2.20. The van der Waals surface area contributed by atoms with E-state index in [0.29, 0.717) is 29.5 Å². The van der Waals surface area contributed by atoms with Crippen molar-refractivity contribution in [2.45, 2.75) is 26.2 Å². The number of nitriles is 1. The highest BCUT2D eigenvalue weighted by Gasteiger charge is 2.18. The molecule has 0 aliphatic rings. The van der Waals surface area contributed by atoms with E-state index in [9.17, 15) is 9.59 Å². The summed E-state index contributed by atoms with van der Waals surface area (Å²) >= 11 is 6.08. The van der Waals surface area contributed by atoms with Crippen LogP contribution in [0.3, 0.4) is 0 Å². The molecule has 1 amide bonds. The molecular formula is C22H23ClN2O4. The van der Waals surface area contributed by atoms with Crippen molar-refractivity contribution >= 4 is 29.2 Å². The Morgan fingerprint density at radius 3 is 2.52 bits per heavy atom. The van der Waals surface area contributed by atoms with E-state index in [1.807, 2.05) is 31.2 Å². The van der Waals surface area contributed by atoms with Crippen LogP contribution in [0.2, 0.25) is 5.02 Å². The number of anilines is 1. The van der Waals surface area contributed by atoms with Gasteiger partial charge in [-0.2, -0.15) is 5.26 Å². The van der Waals surface area contributed by atoms with Crippen LogP contribution in [-0.2, 0) is 20.7 Å². The van der Waals surface area contributed by atoms with Crippen molar-refractivity contribution in [2.75, 3.05) is 24.7 Å². The van der Waals surface area contributed by atoms with Crippen LogP contribution in [0.1, 0.15) is 25.3 Å². The first-order valence-electron chi connectivity index (χ1n) is 9.34. The highest BCUT2D eigenvalue weighted by atomic mass is 35.5. The van der Waals surface area contributed by atoms with E-state index < -0.39 is 11.9 Å². The van der Waals surface area contributed by atoms with Gasteiger partial charge >= 0.3 is 5.97 Å². The minimum atomic E-state index is -0.481. The number of nitrogens with zero attached hydrogens (tertiary/aromatic N) is 2. The maximum absolute atomic E-state index is 12.6. The number of ether oxygens (including phenoxy) is 2. The van der Waals surface area contributed by atoms with Crippen LogP contribution in [0.5, 0.6) is 5.75 Å². The monoisotopic (exact) mass is 414 g/mol. The molecule has 6 nitrogen and oxygen atoms in total. The van der Waals surface area contributed by atoms with Crippen LogP contribution in [0.4, 0.5) is 5.69 Å². The number of hydrogen-bond donors (Lipinski definition) is 0. The predicted octanol–water partition coefficient (Wildman–Crippen LogP) is 4.16. The van der Waals surface area contributed by atoms with E-state index in [1.165, 1.54) is 4.90 Å². The minimum absolute atomic E-state index is 0.123. The molecule has 0 aromatic heterocycles. The lowest BCUT2D eigenvalue weighted by atomic mass is 10.1. The summed E-state index contributed by atoms with van der Waals surface area (Å²) in [5, 5.41) is 9.46. The third-order valence-corrected chi connectivity index (χ3v) is 4.49. The summed E-state index contributed by atoms with van der Waals surface area (Å²) < 4.78 is 10.5. The molecule has 0 saturated carbocycles. The van der Waals surface area contributed by atoms with Crippen molar-refractivity contribution in [3.8, 4) is 11.8 Å². The number of carbonyl (C=O) groups excluding carboxylic acids is 2. The first-order chi connectivity index (χ1) is 14.0. The maximum Gasteiger partial charge on any atom is 0.306 e. The summed E-state index contributed by atoms with van der Waals surface area (Å²) in [7, 11) is 0. The predicted molar refractivity (Wildman–Crippen MR) is 111 cm³/mol. The summed E-state index contributed by atoms with van der Waals surface area (Å²) in [5.41, 5.74) is 1.46. The molecule has 2 rings (SSSR count). The number of benzene rings is 2. The van der Waals surface area contributed by atoms with E-state index in [4.69, 9.17) is 26.3 Å². The van der Waals surface area contributed by atoms with Crippen molar-refractivity contribution in [3.05, 3.63) is 59.1 Å². The molecule has 29 heavy (non-hydrogen) atoms. The zero-order valence-corrected chi connectivity index (χ0v) is 17.0. The number of amides is 1. The van der Waals surface area contributed by atoms with Crippen molar-refractivity contribution in [1.29, 1.82) is 5.26 Å². The van der Waals surface area contributed by atoms with Gasteiger partial charge in [0, 0.05) is 23.7 Å². The van der Waals surface area contributed by atoms with Crippen LogP contribution < -0.4 is 9.64 Å². The first-order valence-corrected chi connectivity index (χ1v) is 9.72. The van der Waals surface area contributed by atoms with Gasteiger partial charge in [0.05, 0.1) is 19.1 Å². The number of carbonyl (C=O) groups is 2. The fraction of sp³-hybridized carbons (Fsp3) is 0.318. The van der Waals surface area contributed by atoms with Gasteiger partial charge in [-0.3, -0.25) is 9.59 Å². The second-order valence-corrected chi connectivity index (χ2v) is 6.54. The van der Waals surface area contributed by atoms with Gasteiger partial charge in [0.15, 0.2) is 6.61 Å². The van der Waals surface area contributed by atoms with E-state index in [0.717, 1.165) is 5.56 Å². The van der Waals surface area contributed by atoms with E-state index in [2.05, 4.69) is 0 Å².